The fraction of sp³-hybridized carbons (Fsp3) is 0.700. The molecule has 0 saturated carbocycles. The van der Waals surface area contributed by atoms with Crippen LogP contribution in [0.4, 0.5) is 0 Å². The average Bonchev–Trinajstić information content (AvgIpc) is 3.01. The lowest BCUT2D eigenvalue weighted by Gasteiger charge is -2.31. The zero-order valence-corrected chi connectivity index (χ0v) is 12.4. The van der Waals surface area contributed by atoms with Crippen LogP contribution in [0.5, 0.6) is 0 Å². The smallest absolute Gasteiger partial charge is 0.387 e. The first kappa shape index (κ1) is 16.5. The predicted molar refractivity (Wildman–Crippen MR) is 73.2 cm³/mol. The van der Waals surface area contributed by atoms with E-state index in [9.17, 15) is 19.6 Å². The Kier molecular flexibility index (Phi) is 4.23. The second kappa shape index (κ2) is 5.91. The summed E-state index contributed by atoms with van der Waals surface area (Å²) < 4.78 is 20.4. The number of nitrogens with one attached hydrogen (secondary N) is 1. The van der Waals surface area contributed by atoms with Gasteiger partial charge in [0.25, 0.3) is 5.91 Å². The molecule has 13 heteroatoms. The molecule has 12 nitrogen and oxygen atoms in total. The SMILES string of the molecule is O=C1NC=N[C@@H]2[C@H]1N=CN2[C@H]1O[C@@H](COP(=O)(O)O)[C@@H](O)[C@H]1O. The minimum absolute atomic E-state index is 0.363. The number of aliphatic hydroxyl groups is 2. The third kappa shape index (κ3) is 3.15. The number of ether oxygens (including phenoxy) is 1. The molecule has 0 aromatic heterocycles. The van der Waals surface area contributed by atoms with Crippen molar-refractivity contribution in [1.29, 1.82) is 0 Å². The van der Waals surface area contributed by atoms with Crippen molar-refractivity contribution in [2.45, 2.75) is 36.7 Å². The van der Waals surface area contributed by atoms with Crippen LogP contribution in [-0.4, -0.2) is 86.8 Å². The normalized spacial score (nSPS) is 39.7. The highest BCUT2D eigenvalue weighted by Crippen LogP contribution is 2.37. The summed E-state index contributed by atoms with van der Waals surface area (Å²) in [4.78, 5) is 38.4. The Labute approximate surface area is 129 Å². The molecule has 3 heterocycles. The van der Waals surface area contributed by atoms with Crippen LogP contribution in [0.25, 0.3) is 0 Å². The molecule has 0 aromatic carbocycles. The van der Waals surface area contributed by atoms with Crippen molar-refractivity contribution in [2.24, 2.45) is 9.98 Å². The number of carbonyl (C=O) groups is 1. The lowest BCUT2D eigenvalue weighted by atomic mass is 10.1. The first-order chi connectivity index (χ1) is 10.8. The number of carbonyl (C=O) groups excluding carboxylic acids is 1. The number of rotatable bonds is 4. The van der Waals surface area contributed by atoms with Gasteiger partial charge in [-0.2, -0.15) is 0 Å². The van der Waals surface area contributed by atoms with Gasteiger partial charge in [-0.15, -0.1) is 0 Å². The van der Waals surface area contributed by atoms with Crippen molar-refractivity contribution in [1.82, 2.24) is 10.2 Å². The molecule has 5 N–H and O–H groups in total. The van der Waals surface area contributed by atoms with Gasteiger partial charge in [-0.25, -0.2) is 9.56 Å². The zero-order chi connectivity index (χ0) is 16.8. The molecule has 3 aliphatic heterocycles. The monoisotopic (exact) mass is 350 g/mol. The van der Waals surface area contributed by atoms with E-state index < -0.39 is 51.2 Å². The molecule has 0 aliphatic carbocycles. The number of aliphatic imine (C=N–C) groups is 2. The maximum absolute atomic E-state index is 11.7. The third-order valence-corrected chi connectivity index (χ3v) is 4.17. The Hall–Kier alpha value is -1.40. The maximum atomic E-state index is 11.7. The predicted octanol–water partition coefficient (Wildman–Crippen LogP) is -3.26. The van der Waals surface area contributed by atoms with Crippen molar-refractivity contribution in [2.75, 3.05) is 6.61 Å². The molecule has 1 amide bonds. The summed E-state index contributed by atoms with van der Waals surface area (Å²) in [6, 6.07) is -0.793. The highest BCUT2D eigenvalue weighted by molar-refractivity contribution is 7.46. The molecule has 3 rings (SSSR count). The molecular formula is C10H15N4O8P. The van der Waals surface area contributed by atoms with Crippen molar-refractivity contribution in [3.8, 4) is 0 Å². The number of amides is 1. The Bertz CT molecular complexity index is 593. The molecule has 23 heavy (non-hydrogen) atoms. The quantitative estimate of drug-likeness (QED) is 0.326. The second-order valence-corrected chi connectivity index (χ2v) is 6.43. The topological polar surface area (TPSA) is 174 Å². The van der Waals surface area contributed by atoms with Gasteiger partial charge in [0.2, 0.25) is 0 Å². The van der Waals surface area contributed by atoms with E-state index in [0.29, 0.717) is 0 Å². The van der Waals surface area contributed by atoms with Gasteiger partial charge in [0.05, 0.1) is 19.3 Å². The van der Waals surface area contributed by atoms with Crippen LogP contribution in [0.2, 0.25) is 0 Å². The van der Waals surface area contributed by atoms with Gasteiger partial charge in [-0.3, -0.25) is 14.3 Å². The van der Waals surface area contributed by atoms with Gasteiger partial charge < -0.3 is 35.0 Å². The molecule has 0 aromatic rings. The van der Waals surface area contributed by atoms with E-state index in [-0.39, 0.29) is 5.91 Å². The molecule has 1 fully saturated rings. The number of nitrogens with zero attached hydrogens (tertiary/aromatic N) is 3. The first-order valence-electron chi connectivity index (χ1n) is 6.62. The van der Waals surface area contributed by atoms with Crippen LogP contribution in [-0.2, 0) is 18.6 Å². The lowest BCUT2D eigenvalue weighted by molar-refractivity contribution is -0.124. The largest absolute Gasteiger partial charge is 0.469 e. The maximum Gasteiger partial charge on any atom is 0.469 e. The van der Waals surface area contributed by atoms with Crippen molar-refractivity contribution >= 4 is 26.4 Å². The summed E-state index contributed by atoms with van der Waals surface area (Å²) >= 11 is 0. The molecule has 128 valence electrons. The molecular weight excluding hydrogens is 335 g/mol. The Balaban J connectivity index is 1.70. The number of phosphoric ester groups is 1. The second-order valence-electron chi connectivity index (χ2n) is 5.19. The standard InChI is InChI=1S/C10H15N4O8P/c15-6-4(1-21-23(18,19)20)22-10(7(6)16)14-3-13-5-8(14)11-2-12-9(5)17/h2-8,10,15-16H,1H2,(H,11,12,17)(H2,18,19,20)/t4-,5+,6+,7+,8-,10-/m0/s1. The van der Waals surface area contributed by atoms with Gasteiger partial charge >= 0.3 is 7.82 Å². The number of aliphatic hydroxyl groups excluding tert-OH is 2. The fourth-order valence-corrected chi connectivity index (χ4v) is 2.92. The van der Waals surface area contributed by atoms with E-state index in [4.69, 9.17) is 14.5 Å². The number of hydrogen-bond acceptors (Lipinski definition) is 9. The summed E-state index contributed by atoms with van der Waals surface area (Å²) in [6.07, 6.45) is -3.31. The summed E-state index contributed by atoms with van der Waals surface area (Å²) in [5.41, 5.74) is 0. The van der Waals surface area contributed by atoms with E-state index in [1.165, 1.54) is 17.6 Å². The minimum Gasteiger partial charge on any atom is -0.387 e. The van der Waals surface area contributed by atoms with E-state index in [2.05, 4.69) is 19.8 Å². The molecule has 6 atom stereocenters. The summed E-state index contributed by atoms with van der Waals surface area (Å²) in [5, 5.41) is 22.4. The minimum atomic E-state index is -4.73. The van der Waals surface area contributed by atoms with Crippen molar-refractivity contribution < 1.29 is 38.6 Å². The van der Waals surface area contributed by atoms with Gasteiger partial charge in [-0.05, 0) is 0 Å². The Morgan fingerprint density at radius 3 is 2.78 bits per heavy atom. The van der Waals surface area contributed by atoms with E-state index in [1.54, 1.807) is 0 Å². The van der Waals surface area contributed by atoms with Gasteiger partial charge in [0.15, 0.2) is 18.4 Å². The zero-order valence-electron chi connectivity index (χ0n) is 11.5. The van der Waals surface area contributed by atoms with Gasteiger partial charge in [0.1, 0.15) is 18.3 Å². The summed E-state index contributed by atoms with van der Waals surface area (Å²) in [5.74, 6) is -0.363. The van der Waals surface area contributed by atoms with Gasteiger partial charge in [-0.1, -0.05) is 0 Å². The van der Waals surface area contributed by atoms with E-state index >= 15 is 0 Å². The van der Waals surface area contributed by atoms with Crippen molar-refractivity contribution in [3.05, 3.63) is 0 Å². The number of hydrogen-bond donors (Lipinski definition) is 5. The molecule has 0 bridgehead atoms. The van der Waals surface area contributed by atoms with E-state index in [0.717, 1.165) is 0 Å². The molecule has 0 spiro atoms. The Morgan fingerprint density at radius 1 is 1.35 bits per heavy atom. The van der Waals surface area contributed by atoms with Crippen LogP contribution < -0.4 is 5.32 Å². The summed E-state index contributed by atoms with van der Waals surface area (Å²) in [6.45, 7) is -0.609. The molecule has 0 unspecified atom stereocenters. The first-order valence-corrected chi connectivity index (χ1v) is 8.15. The third-order valence-electron chi connectivity index (χ3n) is 3.69. The Morgan fingerprint density at radius 2 is 2.09 bits per heavy atom. The van der Waals surface area contributed by atoms with Crippen LogP contribution in [0.15, 0.2) is 9.98 Å². The molecule has 3 aliphatic rings. The van der Waals surface area contributed by atoms with E-state index in [1.807, 2.05) is 0 Å². The van der Waals surface area contributed by atoms with Crippen LogP contribution in [0, 0.1) is 0 Å². The number of fused-ring (bicyclic) bond motifs is 1. The average molecular weight is 350 g/mol. The van der Waals surface area contributed by atoms with Gasteiger partial charge in [0, 0.05) is 0 Å². The fourth-order valence-electron chi connectivity index (χ4n) is 2.58. The van der Waals surface area contributed by atoms with Crippen LogP contribution >= 0.6 is 7.82 Å². The molecule has 1 saturated heterocycles. The van der Waals surface area contributed by atoms with Crippen molar-refractivity contribution in [3.63, 3.8) is 0 Å². The molecule has 0 radical (unpaired) electrons. The van der Waals surface area contributed by atoms with Crippen LogP contribution in [0.3, 0.4) is 0 Å². The highest BCUT2D eigenvalue weighted by Gasteiger charge is 2.50. The summed E-state index contributed by atoms with van der Waals surface area (Å²) in [7, 11) is -4.73. The highest BCUT2D eigenvalue weighted by atomic mass is 31.2. The number of phosphoric acid groups is 1. The van der Waals surface area contributed by atoms with Crippen LogP contribution in [0.1, 0.15) is 0 Å². The lowest BCUT2D eigenvalue weighted by Crippen LogP contribution is -2.53.